The normalized spacial score (nSPS) is 11.0. The number of nitrogens with one attached hydrogen (secondary N) is 1. The SMILES string of the molecule is CC(C)N(CCNC(=O)Cc1ccc(C#N)cc1)C(C)C. The molecule has 1 amide bonds. The van der Waals surface area contributed by atoms with Gasteiger partial charge >= 0.3 is 0 Å². The highest BCUT2D eigenvalue weighted by atomic mass is 16.1. The molecule has 0 fully saturated rings. The quantitative estimate of drug-likeness (QED) is 0.837. The molecule has 0 aliphatic rings. The minimum Gasteiger partial charge on any atom is -0.355 e. The number of carbonyl (C=O) groups excluding carboxylic acids is 1. The van der Waals surface area contributed by atoms with Crippen molar-refractivity contribution in [2.45, 2.75) is 46.2 Å². The molecule has 0 atom stereocenters. The molecule has 4 nitrogen and oxygen atoms in total. The summed E-state index contributed by atoms with van der Waals surface area (Å²) in [5.74, 6) is 0.0205. The zero-order valence-electron chi connectivity index (χ0n) is 13.4. The van der Waals surface area contributed by atoms with E-state index in [0.717, 1.165) is 12.1 Å². The topological polar surface area (TPSA) is 56.1 Å². The molecule has 0 spiro atoms. The highest BCUT2D eigenvalue weighted by molar-refractivity contribution is 5.78. The van der Waals surface area contributed by atoms with Gasteiger partial charge in [0.15, 0.2) is 0 Å². The molecule has 1 aromatic rings. The fraction of sp³-hybridized carbons (Fsp3) is 0.529. The fourth-order valence-corrected chi connectivity index (χ4v) is 2.38. The summed E-state index contributed by atoms with van der Waals surface area (Å²) >= 11 is 0. The van der Waals surface area contributed by atoms with Crippen LogP contribution >= 0.6 is 0 Å². The van der Waals surface area contributed by atoms with Gasteiger partial charge in [0, 0.05) is 25.2 Å². The van der Waals surface area contributed by atoms with Crippen molar-refractivity contribution >= 4 is 5.91 Å². The van der Waals surface area contributed by atoms with Crippen LogP contribution in [-0.4, -0.2) is 36.0 Å². The van der Waals surface area contributed by atoms with E-state index < -0.39 is 0 Å². The Bertz CT molecular complexity index is 478. The molecule has 1 rings (SSSR count). The Morgan fingerprint density at radius 3 is 2.24 bits per heavy atom. The Kier molecular flexibility index (Phi) is 6.90. The number of nitrogens with zero attached hydrogens (tertiary/aromatic N) is 2. The Morgan fingerprint density at radius 1 is 1.19 bits per heavy atom. The van der Waals surface area contributed by atoms with Crippen LogP contribution in [0.25, 0.3) is 0 Å². The molecule has 0 unspecified atom stereocenters. The van der Waals surface area contributed by atoms with E-state index in [0.29, 0.717) is 30.6 Å². The predicted molar refractivity (Wildman–Crippen MR) is 84.8 cm³/mol. The molecule has 0 saturated heterocycles. The molecule has 21 heavy (non-hydrogen) atoms. The molecule has 1 aromatic carbocycles. The minimum atomic E-state index is 0.0205. The first-order valence-corrected chi connectivity index (χ1v) is 7.45. The summed E-state index contributed by atoms with van der Waals surface area (Å²) in [6.07, 6.45) is 0.356. The van der Waals surface area contributed by atoms with E-state index >= 15 is 0 Å². The van der Waals surface area contributed by atoms with Crippen molar-refractivity contribution in [2.75, 3.05) is 13.1 Å². The van der Waals surface area contributed by atoms with E-state index in [-0.39, 0.29) is 5.91 Å². The third-order valence-electron chi connectivity index (χ3n) is 3.47. The average molecular weight is 287 g/mol. The van der Waals surface area contributed by atoms with E-state index in [2.05, 4.69) is 44.0 Å². The molecule has 114 valence electrons. The number of benzene rings is 1. The number of nitriles is 1. The second-order valence-electron chi connectivity index (χ2n) is 5.76. The standard InChI is InChI=1S/C17H25N3O/c1-13(2)20(14(3)4)10-9-19-17(21)11-15-5-7-16(12-18)8-6-15/h5-8,13-14H,9-11H2,1-4H3,(H,19,21). The number of rotatable bonds is 7. The highest BCUT2D eigenvalue weighted by Gasteiger charge is 2.13. The first-order chi connectivity index (χ1) is 9.93. The van der Waals surface area contributed by atoms with Crippen molar-refractivity contribution in [1.29, 1.82) is 5.26 Å². The third-order valence-corrected chi connectivity index (χ3v) is 3.47. The van der Waals surface area contributed by atoms with Crippen LogP contribution in [0, 0.1) is 11.3 Å². The molecule has 0 heterocycles. The van der Waals surface area contributed by atoms with E-state index in [1.54, 1.807) is 12.1 Å². The summed E-state index contributed by atoms with van der Waals surface area (Å²) < 4.78 is 0. The van der Waals surface area contributed by atoms with Gasteiger partial charge in [-0.2, -0.15) is 5.26 Å². The van der Waals surface area contributed by atoms with Gasteiger partial charge in [-0.15, -0.1) is 0 Å². The number of carbonyl (C=O) groups is 1. The zero-order chi connectivity index (χ0) is 15.8. The first-order valence-electron chi connectivity index (χ1n) is 7.45. The lowest BCUT2D eigenvalue weighted by molar-refractivity contribution is -0.120. The molecule has 4 heteroatoms. The lowest BCUT2D eigenvalue weighted by Gasteiger charge is -2.30. The molecular weight excluding hydrogens is 262 g/mol. The Hall–Kier alpha value is -1.86. The molecule has 0 radical (unpaired) electrons. The van der Waals surface area contributed by atoms with Gasteiger partial charge in [-0.1, -0.05) is 12.1 Å². The Labute approximate surface area is 127 Å². The van der Waals surface area contributed by atoms with Gasteiger partial charge < -0.3 is 5.32 Å². The van der Waals surface area contributed by atoms with Crippen LogP contribution in [0.1, 0.15) is 38.8 Å². The minimum absolute atomic E-state index is 0.0205. The van der Waals surface area contributed by atoms with Crippen LogP contribution < -0.4 is 5.32 Å². The lowest BCUT2D eigenvalue weighted by atomic mass is 10.1. The zero-order valence-corrected chi connectivity index (χ0v) is 13.4. The van der Waals surface area contributed by atoms with Gasteiger partial charge in [-0.05, 0) is 45.4 Å². The summed E-state index contributed by atoms with van der Waals surface area (Å²) in [6, 6.07) is 10.1. The summed E-state index contributed by atoms with van der Waals surface area (Å²) in [7, 11) is 0. The lowest BCUT2D eigenvalue weighted by Crippen LogP contribution is -2.42. The van der Waals surface area contributed by atoms with Crippen LogP contribution in [0.3, 0.4) is 0 Å². The second kappa shape index (κ2) is 8.43. The Morgan fingerprint density at radius 2 is 1.76 bits per heavy atom. The fourth-order valence-electron chi connectivity index (χ4n) is 2.38. The summed E-state index contributed by atoms with van der Waals surface area (Å²) in [6.45, 7) is 10.2. The maximum Gasteiger partial charge on any atom is 0.224 e. The smallest absolute Gasteiger partial charge is 0.224 e. The summed E-state index contributed by atoms with van der Waals surface area (Å²) in [5.41, 5.74) is 1.54. The van der Waals surface area contributed by atoms with E-state index in [9.17, 15) is 4.79 Å². The van der Waals surface area contributed by atoms with E-state index in [1.807, 2.05) is 12.1 Å². The van der Waals surface area contributed by atoms with Crippen LogP contribution in [0.15, 0.2) is 24.3 Å². The molecule has 1 N–H and O–H groups in total. The predicted octanol–water partition coefficient (Wildman–Crippen LogP) is 2.34. The third kappa shape index (κ3) is 5.97. The molecule has 0 saturated carbocycles. The van der Waals surface area contributed by atoms with Gasteiger partial charge in [-0.25, -0.2) is 0 Å². The van der Waals surface area contributed by atoms with Crippen molar-refractivity contribution in [3.05, 3.63) is 35.4 Å². The van der Waals surface area contributed by atoms with Gasteiger partial charge in [0.1, 0.15) is 0 Å². The molecular formula is C17H25N3O. The van der Waals surface area contributed by atoms with Crippen molar-refractivity contribution in [1.82, 2.24) is 10.2 Å². The van der Waals surface area contributed by atoms with Crippen LogP contribution in [0.4, 0.5) is 0 Å². The van der Waals surface area contributed by atoms with Crippen molar-refractivity contribution in [3.63, 3.8) is 0 Å². The largest absolute Gasteiger partial charge is 0.355 e. The maximum absolute atomic E-state index is 11.9. The van der Waals surface area contributed by atoms with Crippen molar-refractivity contribution in [3.8, 4) is 6.07 Å². The van der Waals surface area contributed by atoms with Crippen molar-refractivity contribution in [2.24, 2.45) is 0 Å². The Balaban J connectivity index is 2.38. The second-order valence-corrected chi connectivity index (χ2v) is 5.76. The van der Waals surface area contributed by atoms with Gasteiger partial charge in [0.2, 0.25) is 5.91 Å². The van der Waals surface area contributed by atoms with Gasteiger partial charge in [0.05, 0.1) is 18.1 Å². The van der Waals surface area contributed by atoms with Crippen LogP contribution in [0.5, 0.6) is 0 Å². The molecule has 0 aliphatic heterocycles. The highest BCUT2D eigenvalue weighted by Crippen LogP contribution is 2.05. The molecule has 0 aromatic heterocycles. The van der Waals surface area contributed by atoms with E-state index in [1.165, 1.54) is 0 Å². The number of hydrogen-bond donors (Lipinski definition) is 1. The maximum atomic E-state index is 11.9. The summed E-state index contributed by atoms with van der Waals surface area (Å²) in [4.78, 5) is 14.2. The van der Waals surface area contributed by atoms with E-state index in [4.69, 9.17) is 5.26 Å². The summed E-state index contributed by atoms with van der Waals surface area (Å²) in [5, 5.41) is 11.7. The average Bonchev–Trinajstić information content (AvgIpc) is 2.43. The first kappa shape index (κ1) is 17.2. The van der Waals surface area contributed by atoms with Crippen molar-refractivity contribution < 1.29 is 4.79 Å². The van der Waals surface area contributed by atoms with Crippen LogP contribution in [0.2, 0.25) is 0 Å². The number of hydrogen-bond acceptors (Lipinski definition) is 3. The molecule has 0 aliphatic carbocycles. The molecule has 0 bridgehead atoms. The van der Waals surface area contributed by atoms with Crippen LogP contribution in [-0.2, 0) is 11.2 Å². The monoisotopic (exact) mass is 287 g/mol. The van der Waals surface area contributed by atoms with Gasteiger partial charge in [0.25, 0.3) is 0 Å². The van der Waals surface area contributed by atoms with Gasteiger partial charge in [-0.3, -0.25) is 9.69 Å². The number of amides is 1.